The number of phenolic OH excluding ortho intramolecular Hbond substituents is 1. The first-order valence-electron chi connectivity index (χ1n) is 27.0. The molecule has 7 fully saturated rings. The molecule has 1 spiro atoms. The van der Waals surface area contributed by atoms with Gasteiger partial charge in [-0.1, -0.05) is 18.1 Å². The summed E-state index contributed by atoms with van der Waals surface area (Å²) >= 11 is 0. The Balaban J connectivity index is 0.656. The Kier molecular flexibility index (Phi) is 13.0. The van der Waals surface area contributed by atoms with Crippen molar-refractivity contribution in [1.82, 2.24) is 35.3 Å². The number of likely N-dealkylation sites (tertiary alicyclic amines) is 1. The van der Waals surface area contributed by atoms with Gasteiger partial charge in [0.05, 0.1) is 25.0 Å². The molecule has 6 heterocycles. The van der Waals surface area contributed by atoms with Gasteiger partial charge in [-0.25, -0.2) is 13.6 Å². The van der Waals surface area contributed by atoms with Crippen LogP contribution in [0, 0.1) is 40.7 Å². The van der Waals surface area contributed by atoms with Crippen molar-refractivity contribution in [3.8, 4) is 41.0 Å². The van der Waals surface area contributed by atoms with Crippen molar-refractivity contribution in [2.24, 2.45) is 16.7 Å². The predicted molar refractivity (Wildman–Crippen MR) is 282 cm³/mol. The summed E-state index contributed by atoms with van der Waals surface area (Å²) in [6, 6.07) is 14.6. The number of hydrogen-bond donors (Lipinski definition) is 3. The molecule has 2 unspecified atom stereocenters. The van der Waals surface area contributed by atoms with Gasteiger partial charge >= 0.3 is 12.0 Å². The Morgan fingerprint density at radius 3 is 2.31 bits per heavy atom. The smallest absolute Gasteiger partial charge is 0.328 e. The predicted octanol–water partition coefficient (Wildman–Crippen LogP) is 7.70. The fourth-order valence-corrected chi connectivity index (χ4v) is 13.3. The van der Waals surface area contributed by atoms with Gasteiger partial charge in [0, 0.05) is 118 Å². The quantitative estimate of drug-likeness (QED) is 0.105. The number of fused-ring (bicyclic) bond motifs is 4. The number of urea groups is 1. The lowest BCUT2D eigenvalue weighted by Crippen LogP contribution is -2.51. The number of aromatic nitrogens is 2. The molecule has 2 atom stereocenters. The van der Waals surface area contributed by atoms with E-state index in [2.05, 4.69) is 31.3 Å². The maximum absolute atomic E-state index is 17.2. The highest BCUT2D eigenvalue weighted by atomic mass is 19.1. The van der Waals surface area contributed by atoms with Crippen LogP contribution >= 0.6 is 0 Å². The Hall–Kier alpha value is -6.61. The maximum atomic E-state index is 17.2. The summed E-state index contributed by atoms with van der Waals surface area (Å²) in [5.41, 5.74) is 1.77. The van der Waals surface area contributed by atoms with Gasteiger partial charge in [0.1, 0.15) is 28.7 Å². The van der Waals surface area contributed by atoms with Crippen molar-refractivity contribution in [3.63, 3.8) is 0 Å². The van der Waals surface area contributed by atoms with E-state index in [1.165, 1.54) is 62.0 Å². The second kappa shape index (κ2) is 19.8. The molecule has 5 aromatic rings. The third-order valence-corrected chi connectivity index (χ3v) is 17.8. The van der Waals surface area contributed by atoms with Gasteiger partial charge in [-0.3, -0.25) is 19.8 Å². The minimum Gasteiger partial charge on any atom is -0.508 e. The number of anilines is 2. The summed E-state index contributed by atoms with van der Waals surface area (Å²) in [5.74, 6) is 2.55. The van der Waals surface area contributed by atoms with E-state index in [1.807, 2.05) is 11.0 Å². The molecule has 4 amide bonds. The maximum Gasteiger partial charge on any atom is 0.328 e. The van der Waals surface area contributed by atoms with Gasteiger partial charge in [-0.05, 0) is 129 Å². The lowest BCUT2D eigenvalue weighted by molar-refractivity contribution is -0.120. The second-order valence-corrected chi connectivity index (χ2v) is 22.6. The van der Waals surface area contributed by atoms with Gasteiger partial charge in [-0.2, -0.15) is 9.97 Å². The molecule has 2 aliphatic carbocycles. The van der Waals surface area contributed by atoms with Crippen LogP contribution in [0.5, 0.6) is 17.5 Å². The van der Waals surface area contributed by atoms with Crippen LogP contribution < -0.4 is 29.9 Å². The van der Waals surface area contributed by atoms with Gasteiger partial charge in [-0.15, -0.1) is 6.42 Å². The van der Waals surface area contributed by atoms with E-state index in [0.717, 1.165) is 90.9 Å². The average Bonchev–Trinajstić information content (AvgIpc) is 4.11. The molecule has 7 aliphatic rings. The summed E-state index contributed by atoms with van der Waals surface area (Å²) in [6.45, 7) is 9.62. The number of terminal acetylenes is 1. The molecule has 0 radical (unpaired) electrons. The van der Waals surface area contributed by atoms with Crippen LogP contribution in [0.2, 0.25) is 0 Å². The number of rotatable bonds is 12. The van der Waals surface area contributed by atoms with Crippen LogP contribution in [0.15, 0.2) is 54.6 Å². The number of methoxy groups -OCH3 is 1. The number of nitrogens with zero attached hydrogens (tertiary/aromatic N) is 7. The third kappa shape index (κ3) is 9.70. The molecular weight excluding hydrogens is 957 g/mol. The van der Waals surface area contributed by atoms with Crippen LogP contribution in [0.4, 0.5) is 25.1 Å². The number of hydrogen-bond acceptors (Lipinski definition) is 12. The van der Waals surface area contributed by atoms with Crippen LogP contribution in [0.25, 0.3) is 32.8 Å². The normalized spacial score (nSPS) is 22.9. The molecule has 392 valence electrons. The fourth-order valence-electron chi connectivity index (χ4n) is 13.3. The number of amides is 4. The second-order valence-electron chi connectivity index (χ2n) is 22.6. The van der Waals surface area contributed by atoms with Crippen LogP contribution in [-0.2, 0) is 4.79 Å². The van der Waals surface area contributed by atoms with Crippen molar-refractivity contribution >= 4 is 51.0 Å². The van der Waals surface area contributed by atoms with E-state index in [1.54, 1.807) is 24.3 Å². The average molecular weight is 1020 g/mol. The summed E-state index contributed by atoms with van der Waals surface area (Å²) in [7, 11) is 1.53. The molecule has 75 heavy (non-hydrogen) atoms. The van der Waals surface area contributed by atoms with Crippen molar-refractivity contribution in [2.75, 3.05) is 95.5 Å². The van der Waals surface area contributed by atoms with E-state index in [-0.39, 0.29) is 69.6 Å². The van der Waals surface area contributed by atoms with Crippen LogP contribution in [-0.4, -0.2) is 145 Å². The zero-order chi connectivity index (χ0) is 51.6. The van der Waals surface area contributed by atoms with Gasteiger partial charge < -0.3 is 39.5 Å². The summed E-state index contributed by atoms with van der Waals surface area (Å²) in [5, 5.41) is 18.2. The SMILES string of the molecule is C#Cc1c(F)ccc2cc(O)cc(-c3ccc4c(N5CC6CCC(C5)N6)nc(OCC5(CN6CCN(CC7CCC8(CC7)CCN(C(=O)c7ccc(OC)c(N9CCC(=O)NC9=O)c7)CC8)CC6)CC5)nc4c3F)c12. The number of carbonyl (C=O) groups excluding carboxylic acids is 3. The highest BCUT2D eigenvalue weighted by Gasteiger charge is 2.46. The highest BCUT2D eigenvalue weighted by molar-refractivity contribution is 6.07. The van der Waals surface area contributed by atoms with E-state index in [0.29, 0.717) is 76.7 Å². The monoisotopic (exact) mass is 1020 g/mol. The molecule has 3 N–H and O–H groups in total. The van der Waals surface area contributed by atoms with E-state index in [4.69, 9.17) is 25.9 Å². The summed E-state index contributed by atoms with van der Waals surface area (Å²) < 4.78 is 44.4. The number of benzene rings is 4. The topological polar surface area (TPSA) is 156 Å². The molecule has 15 nitrogen and oxygen atoms in total. The Labute approximate surface area is 435 Å². The molecule has 17 heteroatoms. The lowest BCUT2D eigenvalue weighted by atomic mass is 9.65. The summed E-state index contributed by atoms with van der Waals surface area (Å²) in [6.07, 6.45) is 17.0. The van der Waals surface area contributed by atoms with Crippen molar-refractivity contribution < 1.29 is 37.7 Å². The number of halogens is 2. The number of piperidine rings is 1. The number of imide groups is 1. The van der Waals surface area contributed by atoms with Crippen molar-refractivity contribution in [2.45, 2.75) is 82.7 Å². The largest absolute Gasteiger partial charge is 0.508 e. The van der Waals surface area contributed by atoms with Crippen LogP contribution in [0.3, 0.4) is 0 Å². The van der Waals surface area contributed by atoms with Gasteiger partial charge in [0.2, 0.25) is 5.91 Å². The van der Waals surface area contributed by atoms with Crippen LogP contribution in [0.1, 0.15) is 86.6 Å². The number of phenols is 1. The number of carbonyl (C=O) groups is 3. The molecule has 1 aromatic heterocycles. The molecule has 2 saturated carbocycles. The van der Waals surface area contributed by atoms with E-state index >= 15 is 8.78 Å². The zero-order valence-corrected chi connectivity index (χ0v) is 42.6. The Morgan fingerprint density at radius 2 is 1.60 bits per heavy atom. The Morgan fingerprint density at radius 1 is 0.853 bits per heavy atom. The van der Waals surface area contributed by atoms with Gasteiger partial charge in [0.15, 0.2) is 5.82 Å². The van der Waals surface area contributed by atoms with Crippen molar-refractivity contribution in [1.29, 1.82) is 0 Å². The first-order valence-corrected chi connectivity index (χ1v) is 27.0. The third-order valence-electron chi connectivity index (χ3n) is 17.8. The van der Waals surface area contributed by atoms with Crippen molar-refractivity contribution in [3.05, 3.63) is 77.4 Å². The molecular formula is C58H65F2N9O6. The molecule has 4 aromatic carbocycles. The number of ether oxygens (including phenoxy) is 2. The molecule has 5 aliphatic heterocycles. The minimum absolute atomic E-state index is 0.00247. The highest BCUT2D eigenvalue weighted by Crippen LogP contribution is 2.49. The Bertz CT molecular complexity index is 3110. The number of aromatic hydroxyl groups is 1. The fraction of sp³-hybridized carbons (Fsp3) is 0.500. The molecule has 5 saturated heterocycles. The molecule has 12 rings (SSSR count). The molecule has 2 bridgehead atoms. The lowest BCUT2D eigenvalue weighted by Gasteiger charge is -2.47. The standard InChI is InChI=1S/C58H65F2N9O6/c1-3-42-46(59)10-4-37-28-41(70)30-45(50(37)42)43-8-9-44-52(51(43)60)63-55(64-53(44)68-32-39-6-7-40(33-68)61-39)75-35-58(17-18-58)34-66-26-24-65(25-27-66)31-36-12-15-57(16-13-36)19-22-67(23-20-57)54(72)38-5-11-48(74-2)47(29-38)69-21-14-49(71)62-56(69)73/h1,4-5,8-11,28-30,36,39-40,61,70H,6-7,12-27,31-35H2,2H3,(H,62,71,73). The summed E-state index contributed by atoms with van der Waals surface area (Å²) in [4.78, 5) is 58.9. The van der Waals surface area contributed by atoms with E-state index in [9.17, 15) is 19.5 Å². The zero-order valence-electron chi connectivity index (χ0n) is 42.6. The van der Waals surface area contributed by atoms with E-state index < -0.39 is 17.7 Å². The first-order chi connectivity index (χ1) is 36.4. The number of piperazine rings is 2. The van der Waals surface area contributed by atoms with Gasteiger partial charge in [0.25, 0.3) is 5.91 Å². The number of nitrogens with one attached hydrogen (secondary N) is 2. The first kappa shape index (κ1) is 49.3. The minimum atomic E-state index is -0.616.